The number of allylic oxidation sites excluding steroid dienone is 1. The fourth-order valence-electron chi connectivity index (χ4n) is 2.21. The van der Waals surface area contributed by atoms with Crippen molar-refractivity contribution < 1.29 is 4.79 Å². The molecular formula is C17H18N6OS2. The maximum Gasteiger partial charge on any atom is 0.239 e. The van der Waals surface area contributed by atoms with Crippen molar-refractivity contribution >= 4 is 34.1 Å². The first kappa shape index (κ1) is 18.3. The molecule has 0 aliphatic carbocycles. The van der Waals surface area contributed by atoms with Gasteiger partial charge in [0.15, 0.2) is 16.1 Å². The molecule has 0 radical (unpaired) electrons. The number of rotatable bonds is 7. The number of aromatic nitrogens is 5. The van der Waals surface area contributed by atoms with E-state index >= 15 is 0 Å². The van der Waals surface area contributed by atoms with Gasteiger partial charge in [0.25, 0.3) is 0 Å². The number of thioether (sulfide) groups is 1. The number of aryl methyl sites for hydroxylation is 1. The molecule has 1 amide bonds. The minimum Gasteiger partial charge on any atom is -0.301 e. The van der Waals surface area contributed by atoms with Crippen LogP contribution < -0.4 is 5.32 Å². The number of nitrogens with one attached hydrogen (secondary N) is 1. The Bertz CT molecular complexity index is 905. The molecule has 26 heavy (non-hydrogen) atoms. The van der Waals surface area contributed by atoms with Crippen LogP contribution in [-0.2, 0) is 11.3 Å². The van der Waals surface area contributed by atoms with Gasteiger partial charge in [-0.1, -0.05) is 17.8 Å². The van der Waals surface area contributed by atoms with Gasteiger partial charge in [-0.25, -0.2) is 4.98 Å². The van der Waals surface area contributed by atoms with Gasteiger partial charge in [0.1, 0.15) is 0 Å². The quantitative estimate of drug-likeness (QED) is 0.495. The number of hydrogen-bond acceptors (Lipinski definition) is 7. The van der Waals surface area contributed by atoms with Gasteiger partial charge >= 0.3 is 0 Å². The minimum absolute atomic E-state index is 0.122. The van der Waals surface area contributed by atoms with E-state index in [0.29, 0.717) is 16.8 Å². The summed E-state index contributed by atoms with van der Waals surface area (Å²) in [4.78, 5) is 20.7. The predicted octanol–water partition coefficient (Wildman–Crippen LogP) is 3.41. The van der Waals surface area contributed by atoms with Gasteiger partial charge in [-0.05, 0) is 26.0 Å². The third-order valence-electron chi connectivity index (χ3n) is 3.47. The third kappa shape index (κ3) is 4.17. The van der Waals surface area contributed by atoms with Crippen LogP contribution in [0.5, 0.6) is 0 Å². The summed E-state index contributed by atoms with van der Waals surface area (Å²) >= 11 is 2.76. The number of anilines is 1. The number of carbonyl (C=O) groups is 1. The highest BCUT2D eigenvalue weighted by Gasteiger charge is 2.21. The van der Waals surface area contributed by atoms with Crippen LogP contribution in [0.25, 0.3) is 11.4 Å². The number of pyridine rings is 1. The van der Waals surface area contributed by atoms with Crippen molar-refractivity contribution in [3.63, 3.8) is 0 Å². The largest absolute Gasteiger partial charge is 0.301 e. The fraction of sp³-hybridized carbons (Fsp3) is 0.235. The molecule has 1 unspecified atom stereocenters. The van der Waals surface area contributed by atoms with Crippen LogP contribution in [-0.4, -0.2) is 35.9 Å². The van der Waals surface area contributed by atoms with Crippen molar-refractivity contribution in [3.05, 3.63) is 48.3 Å². The second-order valence-corrected chi connectivity index (χ2v) is 7.65. The zero-order valence-corrected chi connectivity index (χ0v) is 16.0. The summed E-state index contributed by atoms with van der Waals surface area (Å²) in [5.74, 6) is 0.598. The topological polar surface area (TPSA) is 85.6 Å². The molecule has 0 saturated heterocycles. The van der Waals surface area contributed by atoms with Crippen LogP contribution >= 0.6 is 23.1 Å². The Labute approximate surface area is 159 Å². The zero-order chi connectivity index (χ0) is 18.5. The Hall–Kier alpha value is -2.52. The van der Waals surface area contributed by atoms with Crippen molar-refractivity contribution in [1.29, 1.82) is 0 Å². The van der Waals surface area contributed by atoms with E-state index in [9.17, 15) is 4.79 Å². The third-order valence-corrected chi connectivity index (χ3v) is 5.42. The maximum atomic E-state index is 12.4. The first-order chi connectivity index (χ1) is 12.6. The van der Waals surface area contributed by atoms with Crippen LogP contribution in [0.3, 0.4) is 0 Å². The lowest BCUT2D eigenvalue weighted by Crippen LogP contribution is -2.22. The first-order valence-electron chi connectivity index (χ1n) is 7.92. The van der Waals surface area contributed by atoms with Gasteiger partial charge < -0.3 is 5.32 Å². The molecule has 0 aromatic carbocycles. The summed E-state index contributed by atoms with van der Waals surface area (Å²) in [6.07, 6.45) is 5.20. The lowest BCUT2D eigenvalue weighted by Gasteiger charge is -2.11. The van der Waals surface area contributed by atoms with Crippen molar-refractivity contribution in [2.75, 3.05) is 5.32 Å². The van der Waals surface area contributed by atoms with Crippen LogP contribution in [0.2, 0.25) is 0 Å². The van der Waals surface area contributed by atoms with Crippen LogP contribution in [0.15, 0.2) is 47.7 Å². The highest BCUT2D eigenvalue weighted by molar-refractivity contribution is 8.00. The smallest absolute Gasteiger partial charge is 0.239 e. The Morgan fingerprint density at radius 2 is 2.19 bits per heavy atom. The molecule has 3 rings (SSSR count). The molecule has 3 heterocycles. The lowest BCUT2D eigenvalue weighted by molar-refractivity contribution is -0.115. The highest BCUT2D eigenvalue weighted by Crippen LogP contribution is 2.27. The molecule has 1 N–H and O–H groups in total. The van der Waals surface area contributed by atoms with E-state index in [1.165, 1.54) is 23.1 Å². The van der Waals surface area contributed by atoms with Crippen molar-refractivity contribution in [1.82, 2.24) is 24.7 Å². The molecule has 0 aliphatic heterocycles. The molecule has 1 atom stereocenters. The number of nitrogens with zero attached hydrogens (tertiary/aromatic N) is 5. The number of carbonyl (C=O) groups excluding carboxylic acids is 1. The maximum absolute atomic E-state index is 12.4. The Morgan fingerprint density at radius 3 is 2.85 bits per heavy atom. The molecule has 3 aromatic heterocycles. The Morgan fingerprint density at radius 1 is 1.42 bits per heavy atom. The van der Waals surface area contributed by atoms with Gasteiger partial charge in [0.05, 0.1) is 10.9 Å². The molecule has 0 aliphatic rings. The van der Waals surface area contributed by atoms with Gasteiger partial charge in [0, 0.05) is 29.9 Å². The average Bonchev–Trinajstić information content (AvgIpc) is 3.22. The summed E-state index contributed by atoms with van der Waals surface area (Å²) in [7, 11) is 0. The molecule has 0 spiro atoms. The molecule has 0 bridgehead atoms. The van der Waals surface area contributed by atoms with Crippen LogP contribution in [0.1, 0.15) is 12.6 Å². The van der Waals surface area contributed by atoms with E-state index in [1.807, 2.05) is 35.9 Å². The van der Waals surface area contributed by atoms with E-state index in [4.69, 9.17) is 0 Å². The van der Waals surface area contributed by atoms with Crippen LogP contribution in [0, 0.1) is 6.92 Å². The molecule has 0 fully saturated rings. The van der Waals surface area contributed by atoms with Crippen molar-refractivity contribution in [2.45, 2.75) is 30.8 Å². The highest BCUT2D eigenvalue weighted by atomic mass is 32.2. The summed E-state index contributed by atoms with van der Waals surface area (Å²) in [5, 5.41) is 14.2. The number of thiazole rings is 1. The summed E-state index contributed by atoms with van der Waals surface area (Å²) in [6, 6.07) is 3.75. The van der Waals surface area contributed by atoms with E-state index < -0.39 is 0 Å². The molecule has 134 valence electrons. The fourth-order valence-corrected chi connectivity index (χ4v) is 3.76. The molecule has 7 nitrogen and oxygen atoms in total. The second kappa shape index (κ2) is 8.24. The zero-order valence-electron chi connectivity index (χ0n) is 14.4. The Kier molecular flexibility index (Phi) is 5.79. The standard InChI is InChI=1S/C17H18N6OS2/c1-4-9-23-14(13-5-7-18-8-6-13)21-22-17(23)26-12(3)15(24)20-16-19-11(2)10-25-16/h4-8,10,12H,1,9H2,2-3H3,(H,19,20,24). The summed E-state index contributed by atoms with van der Waals surface area (Å²) in [5.41, 5.74) is 1.80. The van der Waals surface area contributed by atoms with E-state index in [1.54, 1.807) is 18.5 Å². The molecule has 0 saturated carbocycles. The first-order valence-corrected chi connectivity index (χ1v) is 9.68. The molecular weight excluding hydrogens is 368 g/mol. The van der Waals surface area contributed by atoms with E-state index in [0.717, 1.165) is 17.1 Å². The number of amides is 1. The minimum atomic E-state index is -0.350. The van der Waals surface area contributed by atoms with Crippen molar-refractivity contribution in [3.8, 4) is 11.4 Å². The SMILES string of the molecule is C=CCn1c(SC(C)C(=O)Nc2nc(C)cs2)nnc1-c1ccncc1. The van der Waals surface area contributed by atoms with E-state index in [-0.39, 0.29) is 11.2 Å². The Balaban J connectivity index is 1.77. The van der Waals surface area contributed by atoms with Crippen molar-refractivity contribution in [2.24, 2.45) is 0 Å². The van der Waals surface area contributed by atoms with Gasteiger partial charge in [-0.15, -0.1) is 28.1 Å². The second-order valence-electron chi connectivity index (χ2n) is 5.48. The number of hydrogen-bond donors (Lipinski definition) is 1. The van der Waals surface area contributed by atoms with Gasteiger partial charge in [-0.2, -0.15) is 0 Å². The van der Waals surface area contributed by atoms with E-state index in [2.05, 4.69) is 32.1 Å². The predicted molar refractivity (Wildman–Crippen MR) is 104 cm³/mol. The lowest BCUT2D eigenvalue weighted by atomic mass is 10.2. The molecule has 9 heteroatoms. The summed E-state index contributed by atoms with van der Waals surface area (Å²) in [6.45, 7) is 8.07. The monoisotopic (exact) mass is 386 g/mol. The molecule has 3 aromatic rings. The normalized spacial score (nSPS) is 11.9. The van der Waals surface area contributed by atoms with Crippen LogP contribution in [0.4, 0.5) is 5.13 Å². The average molecular weight is 387 g/mol. The van der Waals surface area contributed by atoms with Gasteiger partial charge in [0.2, 0.25) is 5.91 Å². The summed E-state index contributed by atoms with van der Waals surface area (Å²) < 4.78 is 1.93. The van der Waals surface area contributed by atoms with Gasteiger partial charge in [-0.3, -0.25) is 14.3 Å².